The summed E-state index contributed by atoms with van der Waals surface area (Å²) in [6, 6.07) is 7.88. The molecule has 2 rings (SSSR count). The minimum Gasteiger partial charge on any atom is -0.393 e. The summed E-state index contributed by atoms with van der Waals surface area (Å²) in [5.41, 5.74) is 9.15. The van der Waals surface area contributed by atoms with Crippen LogP contribution >= 0.6 is 0 Å². The Bertz CT molecular complexity index is 637. The summed E-state index contributed by atoms with van der Waals surface area (Å²) in [6.07, 6.45) is 1.73. The average molecular weight is 259 g/mol. The van der Waals surface area contributed by atoms with Gasteiger partial charge in [-0.2, -0.15) is 0 Å². The molecule has 4 nitrogen and oxygen atoms in total. The third-order valence-corrected chi connectivity index (χ3v) is 3.40. The van der Waals surface area contributed by atoms with Crippen molar-refractivity contribution >= 4 is 5.69 Å². The molecule has 2 aromatic rings. The number of aryl methyl sites for hydroxylation is 1. The van der Waals surface area contributed by atoms with Crippen LogP contribution in [-0.4, -0.2) is 9.36 Å². The minimum absolute atomic E-state index is 0.111. The Morgan fingerprint density at radius 3 is 2.47 bits per heavy atom. The first-order chi connectivity index (χ1) is 9.11. The lowest BCUT2D eigenvalue weighted by molar-refractivity contribution is 0.515. The van der Waals surface area contributed by atoms with Gasteiger partial charge in [0.1, 0.15) is 5.69 Å². The number of benzene rings is 1. The molecule has 4 heteroatoms. The molecule has 0 atom stereocenters. The van der Waals surface area contributed by atoms with E-state index in [4.69, 9.17) is 5.73 Å². The molecule has 0 spiro atoms. The molecule has 0 unspecified atom stereocenters. The van der Waals surface area contributed by atoms with Gasteiger partial charge >= 0.3 is 0 Å². The van der Waals surface area contributed by atoms with E-state index in [0.29, 0.717) is 5.69 Å². The van der Waals surface area contributed by atoms with E-state index in [2.05, 4.69) is 6.92 Å². The zero-order valence-corrected chi connectivity index (χ0v) is 11.8. The fourth-order valence-electron chi connectivity index (χ4n) is 2.47. The molecule has 0 radical (unpaired) electrons. The monoisotopic (exact) mass is 259 g/mol. The van der Waals surface area contributed by atoms with E-state index in [9.17, 15) is 4.79 Å². The van der Waals surface area contributed by atoms with Gasteiger partial charge in [0.05, 0.1) is 11.4 Å². The number of hydrogen-bond acceptors (Lipinski definition) is 2. The molecule has 0 aliphatic carbocycles. The molecule has 1 heterocycles. The molecular weight excluding hydrogens is 238 g/mol. The van der Waals surface area contributed by atoms with E-state index in [1.807, 2.05) is 42.8 Å². The number of nitrogens with zero attached hydrogens (tertiary/aromatic N) is 2. The van der Waals surface area contributed by atoms with Gasteiger partial charge < -0.3 is 5.73 Å². The van der Waals surface area contributed by atoms with E-state index < -0.39 is 0 Å². The van der Waals surface area contributed by atoms with Crippen LogP contribution in [0.2, 0.25) is 0 Å². The van der Waals surface area contributed by atoms with Crippen molar-refractivity contribution in [3.63, 3.8) is 0 Å². The molecule has 2 N–H and O–H groups in total. The van der Waals surface area contributed by atoms with Crippen molar-refractivity contribution in [2.45, 2.75) is 40.2 Å². The Hall–Kier alpha value is -1.97. The molecule has 0 fully saturated rings. The second kappa shape index (κ2) is 5.34. The number of para-hydroxylation sites is 1. The first-order valence-corrected chi connectivity index (χ1v) is 6.77. The topological polar surface area (TPSA) is 52.9 Å². The summed E-state index contributed by atoms with van der Waals surface area (Å²) >= 11 is 0. The number of anilines is 1. The van der Waals surface area contributed by atoms with E-state index in [0.717, 1.165) is 36.3 Å². The Balaban J connectivity index is 2.76. The quantitative estimate of drug-likeness (QED) is 0.917. The molecule has 1 aromatic carbocycles. The number of rotatable bonds is 4. The maximum Gasteiger partial charge on any atom is 0.294 e. The largest absolute Gasteiger partial charge is 0.393 e. The number of nitrogens with two attached hydrogens (primary N) is 1. The van der Waals surface area contributed by atoms with Crippen LogP contribution < -0.4 is 11.3 Å². The molecule has 0 saturated carbocycles. The summed E-state index contributed by atoms with van der Waals surface area (Å²) in [6.45, 7) is 6.93. The highest BCUT2D eigenvalue weighted by Gasteiger charge is 2.17. The summed E-state index contributed by atoms with van der Waals surface area (Å²) in [5.74, 6) is 0. The lowest BCUT2D eigenvalue weighted by Gasteiger charge is -2.15. The van der Waals surface area contributed by atoms with Crippen LogP contribution in [0, 0.1) is 6.92 Å². The highest BCUT2D eigenvalue weighted by Crippen LogP contribution is 2.17. The highest BCUT2D eigenvalue weighted by molar-refractivity contribution is 5.47. The van der Waals surface area contributed by atoms with Crippen LogP contribution in [-0.2, 0) is 13.0 Å². The molecule has 102 valence electrons. The average Bonchev–Trinajstić information content (AvgIpc) is 2.63. The van der Waals surface area contributed by atoms with Crippen LogP contribution in [0.5, 0.6) is 0 Å². The predicted octanol–water partition coefficient (Wildman–Crippen LogP) is 2.50. The molecule has 0 aliphatic heterocycles. The number of nitrogen functional groups attached to an aromatic ring is 1. The summed E-state index contributed by atoms with van der Waals surface area (Å²) in [5, 5.41) is 0. The fraction of sp³-hybridized carbons (Fsp3) is 0.400. The zero-order chi connectivity index (χ0) is 14.0. The van der Waals surface area contributed by atoms with Gasteiger partial charge in [-0.25, -0.2) is 4.68 Å². The van der Waals surface area contributed by atoms with Gasteiger partial charge in [0.15, 0.2) is 0 Å². The van der Waals surface area contributed by atoms with Crippen molar-refractivity contribution in [2.75, 3.05) is 5.73 Å². The van der Waals surface area contributed by atoms with Gasteiger partial charge in [0, 0.05) is 6.54 Å². The maximum atomic E-state index is 12.4. The van der Waals surface area contributed by atoms with Crippen molar-refractivity contribution in [3.8, 4) is 5.69 Å². The van der Waals surface area contributed by atoms with Gasteiger partial charge in [-0.3, -0.25) is 9.48 Å². The first-order valence-electron chi connectivity index (χ1n) is 6.77. The van der Waals surface area contributed by atoms with Gasteiger partial charge in [0.25, 0.3) is 5.56 Å². The predicted molar refractivity (Wildman–Crippen MR) is 78.8 cm³/mol. The van der Waals surface area contributed by atoms with Crippen molar-refractivity contribution in [1.29, 1.82) is 0 Å². The molecule has 19 heavy (non-hydrogen) atoms. The van der Waals surface area contributed by atoms with Crippen LogP contribution in [0.1, 0.15) is 31.5 Å². The second-order valence-electron chi connectivity index (χ2n) is 4.74. The number of hydrogen-bond donors (Lipinski definition) is 1. The van der Waals surface area contributed by atoms with Crippen molar-refractivity contribution in [3.05, 3.63) is 45.9 Å². The summed E-state index contributed by atoms with van der Waals surface area (Å²) in [4.78, 5) is 12.4. The molecule has 0 aliphatic rings. The maximum absolute atomic E-state index is 12.4. The smallest absolute Gasteiger partial charge is 0.294 e. The molecular formula is C15H21N3O. The minimum atomic E-state index is -0.111. The Morgan fingerprint density at radius 2 is 1.89 bits per heavy atom. The van der Waals surface area contributed by atoms with Gasteiger partial charge in [-0.15, -0.1) is 0 Å². The molecule has 0 saturated heterocycles. The summed E-state index contributed by atoms with van der Waals surface area (Å²) < 4.78 is 3.73. The van der Waals surface area contributed by atoms with Crippen LogP contribution in [0.4, 0.5) is 5.69 Å². The van der Waals surface area contributed by atoms with Crippen molar-refractivity contribution < 1.29 is 0 Å². The molecule has 0 bridgehead atoms. The Morgan fingerprint density at radius 1 is 1.21 bits per heavy atom. The van der Waals surface area contributed by atoms with E-state index in [1.54, 1.807) is 4.68 Å². The van der Waals surface area contributed by atoms with Gasteiger partial charge in [0.2, 0.25) is 0 Å². The Labute approximate surface area is 113 Å². The standard InChI is InChI=1S/C15H21N3O/c1-4-10-17-12(5-2)14(16)15(19)18(17)13-9-7-6-8-11(13)3/h6-9H,4-5,10,16H2,1-3H3. The van der Waals surface area contributed by atoms with Crippen molar-refractivity contribution in [2.24, 2.45) is 0 Å². The van der Waals surface area contributed by atoms with Crippen LogP contribution in [0.25, 0.3) is 5.69 Å². The first kappa shape index (κ1) is 13.5. The van der Waals surface area contributed by atoms with E-state index in [-0.39, 0.29) is 5.56 Å². The van der Waals surface area contributed by atoms with E-state index >= 15 is 0 Å². The van der Waals surface area contributed by atoms with Crippen LogP contribution in [0.15, 0.2) is 29.1 Å². The Kier molecular flexibility index (Phi) is 3.79. The van der Waals surface area contributed by atoms with Crippen molar-refractivity contribution in [1.82, 2.24) is 9.36 Å². The van der Waals surface area contributed by atoms with Crippen LogP contribution in [0.3, 0.4) is 0 Å². The third kappa shape index (κ3) is 2.18. The van der Waals surface area contributed by atoms with E-state index in [1.165, 1.54) is 0 Å². The molecule has 0 amide bonds. The molecule has 1 aromatic heterocycles. The van der Waals surface area contributed by atoms with Gasteiger partial charge in [-0.1, -0.05) is 32.0 Å². The lowest BCUT2D eigenvalue weighted by atomic mass is 10.2. The SMILES string of the molecule is CCCn1c(CC)c(N)c(=O)n1-c1ccccc1C. The zero-order valence-electron chi connectivity index (χ0n) is 11.8. The second-order valence-corrected chi connectivity index (χ2v) is 4.74. The fourth-order valence-corrected chi connectivity index (χ4v) is 2.47. The lowest BCUT2D eigenvalue weighted by Crippen LogP contribution is -2.23. The summed E-state index contributed by atoms with van der Waals surface area (Å²) in [7, 11) is 0. The highest BCUT2D eigenvalue weighted by atomic mass is 16.1. The third-order valence-electron chi connectivity index (χ3n) is 3.40. The van der Waals surface area contributed by atoms with Gasteiger partial charge in [-0.05, 0) is 31.4 Å². The number of aromatic nitrogens is 2. The normalized spacial score (nSPS) is 10.9.